The fourth-order valence-corrected chi connectivity index (χ4v) is 4.55. The molecule has 1 aliphatic heterocycles. The van der Waals surface area contributed by atoms with Crippen molar-refractivity contribution in [3.05, 3.63) is 12.7 Å². The summed E-state index contributed by atoms with van der Waals surface area (Å²) in [6, 6.07) is 0. The number of hydrogen-bond donors (Lipinski definition) is 0. The molecule has 0 bridgehead atoms. The summed E-state index contributed by atoms with van der Waals surface area (Å²) in [6.45, 7) is 12.7. The molecule has 1 aliphatic carbocycles. The van der Waals surface area contributed by atoms with Gasteiger partial charge in [-0.3, -0.25) is 0 Å². The normalized spacial score (nSPS) is 48.6. The molecule has 2 nitrogen and oxygen atoms in total. The van der Waals surface area contributed by atoms with Crippen molar-refractivity contribution in [1.29, 1.82) is 0 Å². The summed E-state index contributed by atoms with van der Waals surface area (Å²) < 4.78 is 11.8. The van der Waals surface area contributed by atoms with Crippen molar-refractivity contribution in [2.75, 3.05) is 20.3 Å². The van der Waals surface area contributed by atoms with Gasteiger partial charge in [-0.05, 0) is 49.4 Å². The van der Waals surface area contributed by atoms with Crippen molar-refractivity contribution in [2.45, 2.75) is 45.6 Å². The van der Waals surface area contributed by atoms with E-state index in [-0.39, 0.29) is 11.0 Å². The van der Waals surface area contributed by atoms with Gasteiger partial charge in [-0.2, -0.15) is 0 Å². The van der Waals surface area contributed by atoms with E-state index in [1.165, 1.54) is 6.42 Å². The number of ether oxygens (including phenoxy) is 2. The Bertz CT molecular complexity index is 314. The topological polar surface area (TPSA) is 18.5 Å². The van der Waals surface area contributed by atoms with Gasteiger partial charge in [0.1, 0.15) is 0 Å². The average Bonchev–Trinajstić information content (AvgIpc) is 2.34. The van der Waals surface area contributed by atoms with Crippen LogP contribution in [0.25, 0.3) is 0 Å². The molecule has 2 aliphatic rings. The summed E-state index contributed by atoms with van der Waals surface area (Å²) >= 11 is 0. The molecule has 1 saturated heterocycles. The molecule has 5 unspecified atom stereocenters. The third-order valence-corrected chi connectivity index (χ3v) is 5.68. The van der Waals surface area contributed by atoms with Crippen LogP contribution in [0, 0.1) is 23.2 Å². The van der Waals surface area contributed by atoms with Crippen LogP contribution in [0.4, 0.5) is 0 Å². The summed E-state index contributed by atoms with van der Waals surface area (Å²) in [4.78, 5) is 0. The van der Waals surface area contributed by atoms with Gasteiger partial charge in [0.15, 0.2) is 0 Å². The van der Waals surface area contributed by atoms with E-state index in [9.17, 15) is 0 Å². The van der Waals surface area contributed by atoms with Gasteiger partial charge >= 0.3 is 0 Å². The predicted octanol–water partition coefficient (Wildman–Crippen LogP) is 3.67. The van der Waals surface area contributed by atoms with E-state index in [1.54, 1.807) is 0 Å². The molecule has 2 fully saturated rings. The summed E-state index contributed by atoms with van der Waals surface area (Å²) in [5.74, 6) is 1.94. The smallest absolute Gasteiger partial charge is 0.0688 e. The van der Waals surface area contributed by atoms with Gasteiger partial charge in [0, 0.05) is 13.7 Å². The van der Waals surface area contributed by atoms with Gasteiger partial charge in [-0.1, -0.05) is 19.9 Å². The first-order valence-corrected chi connectivity index (χ1v) is 7.21. The first-order valence-electron chi connectivity index (χ1n) is 7.21. The first-order chi connectivity index (χ1) is 8.48. The second-order valence-electron chi connectivity index (χ2n) is 6.74. The third kappa shape index (κ3) is 2.04. The van der Waals surface area contributed by atoms with E-state index in [1.807, 2.05) is 7.11 Å². The van der Waals surface area contributed by atoms with Crippen molar-refractivity contribution in [3.8, 4) is 0 Å². The van der Waals surface area contributed by atoms with Gasteiger partial charge in [0.2, 0.25) is 0 Å². The Morgan fingerprint density at radius 1 is 1.44 bits per heavy atom. The molecule has 0 aromatic carbocycles. The maximum absolute atomic E-state index is 5.89. The van der Waals surface area contributed by atoms with Crippen LogP contribution in [-0.2, 0) is 9.47 Å². The molecule has 2 heteroatoms. The monoisotopic (exact) mass is 252 g/mol. The standard InChI is InChI=1S/C16H28O2/c1-6-7-14-15(3)11-18-10-12(2)13(15)8-9-16(14,4)17-5/h6,12-14H,1,7-11H2,2-5H3. The average molecular weight is 252 g/mol. The van der Waals surface area contributed by atoms with E-state index < -0.39 is 0 Å². The van der Waals surface area contributed by atoms with Crippen LogP contribution in [0.1, 0.15) is 40.0 Å². The zero-order valence-electron chi connectivity index (χ0n) is 12.4. The van der Waals surface area contributed by atoms with Crippen LogP contribution >= 0.6 is 0 Å². The number of fused-ring (bicyclic) bond motifs is 1. The Morgan fingerprint density at radius 2 is 2.17 bits per heavy atom. The molecule has 0 aromatic rings. The molecule has 104 valence electrons. The predicted molar refractivity (Wildman–Crippen MR) is 74.5 cm³/mol. The summed E-state index contributed by atoms with van der Waals surface area (Å²) in [5, 5.41) is 0. The van der Waals surface area contributed by atoms with Crippen molar-refractivity contribution in [3.63, 3.8) is 0 Å². The number of allylic oxidation sites excluding steroid dienone is 1. The number of hydrogen-bond acceptors (Lipinski definition) is 2. The fraction of sp³-hybridized carbons (Fsp3) is 0.875. The van der Waals surface area contributed by atoms with Gasteiger partial charge < -0.3 is 9.47 Å². The van der Waals surface area contributed by atoms with E-state index in [4.69, 9.17) is 9.47 Å². The lowest BCUT2D eigenvalue weighted by molar-refractivity contribution is -0.199. The highest BCUT2D eigenvalue weighted by atomic mass is 16.5. The van der Waals surface area contributed by atoms with Crippen LogP contribution in [0.15, 0.2) is 12.7 Å². The Kier molecular flexibility index (Phi) is 3.89. The highest BCUT2D eigenvalue weighted by Crippen LogP contribution is 2.56. The maximum Gasteiger partial charge on any atom is 0.0688 e. The van der Waals surface area contributed by atoms with E-state index in [2.05, 4.69) is 33.4 Å². The second-order valence-corrected chi connectivity index (χ2v) is 6.74. The molecule has 5 atom stereocenters. The molecular weight excluding hydrogens is 224 g/mol. The lowest BCUT2D eigenvalue weighted by Crippen LogP contribution is -2.58. The van der Waals surface area contributed by atoms with E-state index >= 15 is 0 Å². The minimum Gasteiger partial charge on any atom is -0.381 e. The zero-order chi connectivity index (χ0) is 13.4. The first kappa shape index (κ1) is 14.1. The molecule has 0 amide bonds. The SMILES string of the molecule is C=CCC1C(C)(OC)CCC2C(C)COCC21C. The van der Waals surface area contributed by atoms with Crippen molar-refractivity contribution in [1.82, 2.24) is 0 Å². The van der Waals surface area contributed by atoms with Crippen LogP contribution in [0.2, 0.25) is 0 Å². The van der Waals surface area contributed by atoms with Crippen LogP contribution < -0.4 is 0 Å². The second kappa shape index (κ2) is 4.97. The molecule has 1 heterocycles. The Morgan fingerprint density at radius 3 is 2.78 bits per heavy atom. The van der Waals surface area contributed by atoms with Gasteiger partial charge in [-0.25, -0.2) is 0 Å². The summed E-state index contributed by atoms with van der Waals surface area (Å²) in [6.07, 6.45) is 5.49. The lowest BCUT2D eigenvalue weighted by Gasteiger charge is -2.58. The van der Waals surface area contributed by atoms with E-state index in [0.29, 0.717) is 11.8 Å². The lowest BCUT2D eigenvalue weighted by atomic mass is 9.52. The van der Waals surface area contributed by atoms with Gasteiger partial charge in [0.05, 0.1) is 12.2 Å². The zero-order valence-corrected chi connectivity index (χ0v) is 12.4. The Balaban J connectivity index is 2.34. The number of rotatable bonds is 3. The highest BCUT2D eigenvalue weighted by Gasteiger charge is 2.56. The Labute approximate surface area is 112 Å². The van der Waals surface area contributed by atoms with Crippen molar-refractivity contribution >= 4 is 0 Å². The molecular formula is C16H28O2. The van der Waals surface area contributed by atoms with Gasteiger partial charge in [0.25, 0.3) is 0 Å². The van der Waals surface area contributed by atoms with Crippen LogP contribution in [0.3, 0.4) is 0 Å². The molecule has 0 aromatic heterocycles. The highest BCUT2D eigenvalue weighted by molar-refractivity contribution is 5.06. The maximum atomic E-state index is 5.89. The van der Waals surface area contributed by atoms with E-state index in [0.717, 1.165) is 32.0 Å². The summed E-state index contributed by atoms with van der Waals surface area (Å²) in [5.41, 5.74) is 0.203. The minimum atomic E-state index is -0.0279. The van der Waals surface area contributed by atoms with Gasteiger partial charge in [-0.15, -0.1) is 6.58 Å². The number of methoxy groups -OCH3 is 1. The molecule has 0 spiro atoms. The van der Waals surface area contributed by atoms with Crippen LogP contribution in [-0.4, -0.2) is 25.9 Å². The molecule has 0 N–H and O–H groups in total. The molecule has 2 rings (SSSR count). The largest absolute Gasteiger partial charge is 0.381 e. The molecule has 1 saturated carbocycles. The molecule has 0 radical (unpaired) electrons. The fourth-order valence-electron chi connectivity index (χ4n) is 4.55. The van der Waals surface area contributed by atoms with Crippen LogP contribution in [0.5, 0.6) is 0 Å². The molecule has 18 heavy (non-hydrogen) atoms. The minimum absolute atomic E-state index is 0.0279. The van der Waals surface area contributed by atoms with Crippen molar-refractivity contribution < 1.29 is 9.47 Å². The Hall–Kier alpha value is -0.340. The van der Waals surface area contributed by atoms with Crippen molar-refractivity contribution in [2.24, 2.45) is 23.2 Å². The summed E-state index contributed by atoms with van der Waals surface area (Å²) in [7, 11) is 1.85. The third-order valence-electron chi connectivity index (χ3n) is 5.68. The quantitative estimate of drug-likeness (QED) is 0.714.